The van der Waals surface area contributed by atoms with Crippen molar-refractivity contribution in [1.29, 1.82) is 0 Å². The lowest BCUT2D eigenvalue weighted by Gasteiger charge is -2.11. The highest BCUT2D eigenvalue weighted by atomic mass is 16.5. The minimum Gasteiger partial charge on any atom is -0.490 e. The summed E-state index contributed by atoms with van der Waals surface area (Å²) in [6, 6.07) is 12.6. The number of aromatic nitrogens is 2. The van der Waals surface area contributed by atoms with Gasteiger partial charge in [-0.05, 0) is 31.5 Å². The van der Waals surface area contributed by atoms with E-state index in [9.17, 15) is 4.79 Å². The third kappa shape index (κ3) is 4.38. The molecule has 0 saturated heterocycles. The molecule has 26 heavy (non-hydrogen) atoms. The number of aryl methyl sites for hydroxylation is 1. The molecule has 1 amide bonds. The van der Waals surface area contributed by atoms with E-state index < -0.39 is 0 Å². The lowest BCUT2D eigenvalue weighted by Crippen LogP contribution is -2.23. The molecule has 0 saturated carbocycles. The number of para-hydroxylation sites is 2. The van der Waals surface area contributed by atoms with E-state index in [0.717, 1.165) is 5.56 Å². The van der Waals surface area contributed by atoms with Gasteiger partial charge in [0, 0.05) is 24.9 Å². The zero-order valence-corrected chi connectivity index (χ0v) is 14.6. The van der Waals surface area contributed by atoms with Gasteiger partial charge < -0.3 is 19.3 Å². The van der Waals surface area contributed by atoms with Crippen LogP contribution in [0.4, 0.5) is 0 Å². The van der Waals surface area contributed by atoms with E-state index in [-0.39, 0.29) is 11.6 Å². The molecule has 7 heteroatoms. The lowest BCUT2D eigenvalue weighted by atomic mass is 10.2. The first-order valence-electron chi connectivity index (χ1n) is 8.22. The first-order chi connectivity index (χ1) is 12.7. The van der Waals surface area contributed by atoms with Crippen molar-refractivity contribution in [2.75, 3.05) is 6.61 Å². The number of rotatable bonds is 7. The summed E-state index contributed by atoms with van der Waals surface area (Å²) in [5.41, 5.74) is 1.09. The second kappa shape index (κ2) is 8.15. The third-order valence-electron chi connectivity index (χ3n) is 3.47. The van der Waals surface area contributed by atoms with Crippen LogP contribution in [0.3, 0.4) is 0 Å². The number of nitrogens with one attached hydrogen (secondary N) is 1. The Bertz CT molecular complexity index is 875. The molecule has 0 aliphatic carbocycles. The normalized spacial score (nSPS) is 10.4. The van der Waals surface area contributed by atoms with Crippen molar-refractivity contribution in [2.24, 2.45) is 0 Å². The number of amides is 1. The molecule has 3 rings (SSSR count). The summed E-state index contributed by atoms with van der Waals surface area (Å²) in [4.78, 5) is 16.2. The number of ether oxygens (including phenoxy) is 2. The van der Waals surface area contributed by atoms with Crippen LogP contribution in [-0.2, 0) is 6.54 Å². The minimum absolute atomic E-state index is 0.253. The van der Waals surface area contributed by atoms with Gasteiger partial charge in [-0.2, -0.15) is 0 Å². The molecule has 2 aromatic heterocycles. The summed E-state index contributed by atoms with van der Waals surface area (Å²) >= 11 is 0. The number of nitrogens with zero attached hydrogens (tertiary/aromatic N) is 2. The largest absolute Gasteiger partial charge is 0.490 e. The standard InChI is InChI=1S/C19H19N3O4/c1-3-24-16-6-4-5-7-17(16)25-18-9-8-14(11-20-18)12-21-19(23)15-10-13(2)26-22-15/h4-11H,3,12H2,1-2H3,(H,21,23). The smallest absolute Gasteiger partial charge is 0.273 e. The molecule has 1 N–H and O–H groups in total. The van der Waals surface area contributed by atoms with E-state index in [1.54, 1.807) is 25.3 Å². The predicted molar refractivity (Wildman–Crippen MR) is 94.3 cm³/mol. The van der Waals surface area contributed by atoms with Gasteiger partial charge >= 0.3 is 0 Å². The van der Waals surface area contributed by atoms with Crippen molar-refractivity contribution in [2.45, 2.75) is 20.4 Å². The Hall–Kier alpha value is -3.35. The predicted octanol–water partition coefficient (Wildman–Crippen LogP) is 3.50. The van der Waals surface area contributed by atoms with E-state index in [0.29, 0.717) is 36.3 Å². The fourth-order valence-corrected chi connectivity index (χ4v) is 2.24. The highest BCUT2D eigenvalue weighted by Crippen LogP contribution is 2.30. The molecule has 0 atom stereocenters. The maximum Gasteiger partial charge on any atom is 0.273 e. The summed E-state index contributed by atoms with van der Waals surface area (Å²) in [7, 11) is 0. The summed E-state index contributed by atoms with van der Waals surface area (Å²) < 4.78 is 16.2. The van der Waals surface area contributed by atoms with E-state index in [4.69, 9.17) is 14.0 Å². The molecule has 0 aliphatic heterocycles. The lowest BCUT2D eigenvalue weighted by molar-refractivity contribution is 0.0942. The Morgan fingerprint density at radius 2 is 2.00 bits per heavy atom. The molecule has 2 heterocycles. The molecule has 0 fully saturated rings. The van der Waals surface area contributed by atoms with E-state index in [2.05, 4.69) is 15.5 Å². The van der Waals surface area contributed by atoms with Crippen LogP contribution < -0.4 is 14.8 Å². The number of hydrogen-bond acceptors (Lipinski definition) is 6. The Balaban J connectivity index is 1.59. The maximum absolute atomic E-state index is 11.9. The van der Waals surface area contributed by atoms with Crippen LogP contribution >= 0.6 is 0 Å². The van der Waals surface area contributed by atoms with E-state index >= 15 is 0 Å². The molecule has 0 spiro atoms. The van der Waals surface area contributed by atoms with Crippen molar-refractivity contribution < 1.29 is 18.8 Å². The first-order valence-corrected chi connectivity index (χ1v) is 8.22. The van der Waals surface area contributed by atoms with Gasteiger partial charge in [0.1, 0.15) is 5.76 Å². The average molecular weight is 353 g/mol. The van der Waals surface area contributed by atoms with Gasteiger partial charge in [-0.1, -0.05) is 23.4 Å². The van der Waals surface area contributed by atoms with Gasteiger partial charge in [0.05, 0.1) is 6.61 Å². The number of carbonyl (C=O) groups is 1. The second-order valence-corrected chi connectivity index (χ2v) is 5.49. The van der Waals surface area contributed by atoms with Gasteiger partial charge in [0.2, 0.25) is 5.88 Å². The van der Waals surface area contributed by atoms with Gasteiger partial charge in [-0.3, -0.25) is 4.79 Å². The zero-order valence-electron chi connectivity index (χ0n) is 14.6. The number of hydrogen-bond donors (Lipinski definition) is 1. The molecule has 0 radical (unpaired) electrons. The van der Waals surface area contributed by atoms with Gasteiger partial charge in [-0.15, -0.1) is 0 Å². The van der Waals surface area contributed by atoms with Crippen molar-refractivity contribution in [1.82, 2.24) is 15.5 Å². The van der Waals surface area contributed by atoms with Crippen molar-refractivity contribution in [3.05, 3.63) is 65.7 Å². The third-order valence-corrected chi connectivity index (χ3v) is 3.47. The summed E-state index contributed by atoms with van der Waals surface area (Å²) in [5, 5.41) is 6.44. The highest BCUT2D eigenvalue weighted by molar-refractivity contribution is 5.92. The van der Waals surface area contributed by atoms with Crippen LogP contribution in [0, 0.1) is 6.92 Å². The minimum atomic E-state index is -0.298. The molecule has 0 aliphatic rings. The van der Waals surface area contributed by atoms with Crippen LogP contribution in [0.2, 0.25) is 0 Å². The quantitative estimate of drug-likeness (QED) is 0.699. The van der Waals surface area contributed by atoms with Crippen molar-refractivity contribution in [3.63, 3.8) is 0 Å². The number of carbonyl (C=O) groups excluding carboxylic acids is 1. The van der Waals surface area contributed by atoms with Crippen molar-refractivity contribution in [3.8, 4) is 17.4 Å². The summed E-state index contributed by atoms with van der Waals surface area (Å²) in [6.45, 7) is 4.53. The topological polar surface area (TPSA) is 86.5 Å². The SMILES string of the molecule is CCOc1ccccc1Oc1ccc(CNC(=O)c2cc(C)on2)cn1. The molecule has 0 unspecified atom stereocenters. The van der Waals surface area contributed by atoms with Crippen molar-refractivity contribution >= 4 is 5.91 Å². The molecule has 134 valence electrons. The number of benzene rings is 1. The maximum atomic E-state index is 11.9. The van der Waals surface area contributed by atoms with Gasteiger partial charge in [-0.25, -0.2) is 4.98 Å². The van der Waals surface area contributed by atoms with Crippen LogP contribution in [0.1, 0.15) is 28.7 Å². The molecule has 0 bridgehead atoms. The van der Waals surface area contributed by atoms with Gasteiger partial charge in [0.15, 0.2) is 17.2 Å². The number of pyridine rings is 1. The molecular weight excluding hydrogens is 334 g/mol. The van der Waals surface area contributed by atoms with Crippen LogP contribution in [0.5, 0.6) is 17.4 Å². The molecular formula is C19H19N3O4. The molecule has 3 aromatic rings. The second-order valence-electron chi connectivity index (χ2n) is 5.49. The summed E-state index contributed by atoms with van der Waals surface area (Å²) in [5.74, 6) is 2.00. The molecule has 1 aromatic carbocycles. The zero-order chi connectivity index (χ0) is 18.4. The Kier molecular flexibility index (Phi) is 5.48. The Labute approximate surface area is 150 Å². The van der Waals surface area contributed by atoms with Gasteiger partial charge in [0.25, 0.3) is 5.91 Å². The summed E-state index contributed by atoms with van der Waals surface area (Å²) in [6.07, 6.45) is 1.65. The average Bonchev–Trinajstić information content (AvgIpc) is 3.09. The van der Waals surface area contributed by atoms with Crippen LogP contribution in [0.15, 0.2) is 53.2 Å². The van der Waals surface area contributed by atoms with E-state index in [1.807, 2.05) is 37.3 Å². The fourth-order valence-electron chi connectivity index (χ4n) is 2.24. The van der Waals surface area contributed by atoms with Crippen LogP contribution in [0.25, 0.3) is 0 Å². The Morgan fingerprint density at radius 3 is 2.65 bits per heavy atom. The monoisotopic (exact) mass is 353 g/mol. The van der Waals surface area contributed by atoms with Crippen LogP contribution in [-0.4, -0.2) is 22.7 Å². The molecule has 7 nitrogen and oxygen atoms in total. The van der Waals surface area contributed by atoms with E-state index in [1.165, 1.54) is 0 Å². The Morgan fingerprint density at radius 1 is 1.19 bits per heavy atom. The highest BCUT2D eigenvalue weighted by Gasteiger charge is 2.11. The fraction of sp³-hybridized carbons (Fsp3) is 0.211. The first kappa shape index (κ1) is 17.5.